The van der Waals surface area contributed by atoms with Crippen molar-refractivity contribution < 1.29 is 21.6 Å². The van der Waals surface area contributed by atoms with Crippen LogP contribution in [0.3, 0.4) is 0 Å². The molecule has 0 aromatic heterocycles. The minimum Gasteiger partial charge on any atom is -0.204 e. The third-order valence-electron chi connectivity index (χ3n) is 4.51. The summed E-state index contributed by atoms with van der Waals surface area (Å²) in [7, 11) is -5.19. The lowest BCUT2D eigenvalue weighted by atomic mass is 9.79. The van der Waals surface area contributed by atoms with E-state index in [-0.39, 0.29) is 11.8 Å². The number of halogens is 3. The molecule has 0 aromatic carbocycles. The summed E-state index contributed by atoms with van der Waals surface area (Å²) in [5, 5.41) is 0. The number of hydrogen-bond acceptors (Lipinski definition) is 2. The van der Waals surface area contributed by atoms with E-state index >= 15 is 0 Å². The molecule has 0 heterocycles. The van der Waals surface area contributed by atoms with E-state index in [1.165, 1.54) is 0 Å². The Labute approximate surface area is 98.8 Å². The smallest absolute Gasteiger partial charge is 0.204 e. The summed E-state index contributed by atoms with van der Waals surface area (Å²) in [6.45, 7) is 4.08. The minimum atomic E-state index is -5.20. The minimum absolute atomic E-state index is 0.0483. The van der Waals surface area contributed by atoms with E-state index < -0.39 is 21.6 Å². The van der Waals surface area contributed by atoms with Crippen molar-refractivity contribution in [2.45, 2.75) is 38.2 Å². The summed E-state index contributed by atoms with van der Waals surface area (Å²) in [4.78, 5) is 0. The molecule has 2 aliphatic carbocycles. The van der Waals surface area contributed by atoms with Gasteiger partial charge in [-0.1, -0.05) is 13.8 Å². The molecule has 0 spiro atoms. The highest BCUT2D eigenvalue weighted by atomic mass is 32.2. The van der Waals surface area contributed by atoms with Crippen LogP contribution in [0, 0.1) is 23.7 Å². The van der Waals surface area contributed by atoms with Crippen molar-refractivity contribution >= 4 is 10.0 Å². The zero-order valence-corrected chi connectivity index (χ0v) is 10.5. The van der Waals surface area contributed by atoms with E-state index in [1.54, 1.807) is 0 Å². The quantitative estimate of drug-likeness (QED) is 0.836. The number of fused-ring (bicyclic) bond motifs is 2. The molecule has 5 atom stereocenters. The number of nitrogens with one attached hydrogen (secondary N) is 1. The lowest BCUT2D eigenvalue weighted by molar-refractivity contribution is -0.0454. The zero-order valence-electron chi connectivity index (χ0n) is 9.66. The molecule has 0 aromatic rings. The third-order valence-corrected chi connectivity index (χ3v) is 5.73. The van der Waals surface area contributed by atoms with Gasteiger partial charge in [0.2, 0.25) is 0 Å². The SMILES string of the molecule is CC1C2CC(NS(=O)(=O)C(F)(F)F)C(C2)C1C. The van der Waals surface area contributed by atoms with Crippen LogP contribution in [-0.4, -0.2) is 20.0 Å². The normalized spacial score (nSPS) is 42.1. The molecule has 0 radical (unpaired) electrons. The standard InChI is InChI=1S/C10H16F3NO2S/c1-5-6(2)8-3-7(5)4-9(8)14-17(15,16)10(11,12)13/h5-9,14H,3-4H2,1-2H3. The predicted octanol–water partition coefficient (Wildman–Crippen LogP) is 2.11. The summed E-state index contributed by atoms with van der Waals surface area (Å²) in [6.07, 6.45) is 1.37. The monoisotopic (exact) mass is 271 g/mol. The molecule has 2 saturated carbocycles. The fraction of sp³-hybridized carbons (Fsp3) is 1.00. The maximum atomic E-state index is 12.3. The number of rotatable bonds is 2. The van der Waals surface area contributed by atoms with Crippen LogP contribution in [0.25, 0.3) is 0 Å². The molecule has 1 N–H and O–H groups in total. The van der Waals surface area contributed by atoms with Crippen LogP contribution in [-0.2, 0) is 10.0 Å². The van der Waals surface area contributed by atoms with Crippen LogP contribution < -0.4 is 4.72 Å². The molecular formula is C10H16F3NO2S. The van der Waals surface area contributed by atoms with Gasteiger partial charge in [-0.25, -0.2) is 13.1 Å². The Hall–Kier alpha value is -0.300. The average Bonchev–Trinajstić information content (AvgIpc) is 2.66. The van der Waals surface area contributed by atoms with Crippen molar-refractivity contribution in [3.63, 3.8) is 0 Å². The van der Waals surface area contributed by atoms with Crippen molar-refractivity contribution in [1.29, 1.82) is 0 Å². The average molecular weight is 271 g/mol. The van der Waals surface area contributed by atoms with Crippen molar-refractivity contribution in [3.8, 4) is 0 Å². The maximum absolute atomic E-state index is 12.3. The van der Waals surface area contributed by atoms with E-state index in [4.69, 9.17) is 0 Å². The molecule has 5 unspecified atom stereocenters. The molecule has 100 valence electrons. The molecule has 2 aliphatic rings. The molecule has 7 heteroatoms. The summed E-state index contributed by atoms with van der Waals surface area (Å²) in [6, 6.07) is -0.544. The molecule has 2 fully saturated rings. The van der Waals surface area contributed by atoms with E-state index in [0.717, 1.165) is 6.42 Å². The van der Waals surface area contributed by atoms with Crippen molar-refractivity contribution in [3.05, 3.63) is 0 Å². The van der Waals surface area contributed by atoms with E-state index in [0.29, 0.717) is 18.3 Å². The van der Waals surface area contributed by atoms with Gasteiger partial charge in [0.25, 0.3) is 0 Å². The Balaban J connectivity index is 2.09. The molecular weight excluding hydrogens is 255 g/mol. The number of alkyl halides is 3. The molecule has 3 nitrogen and oxygen atoms in total. The highest BCUT2D eigenvalue weighted by molar-refractivity contribution is 7.90. The van der Waals surface area contributed by atoms with Gasteiger partial charge in [-0.15, -0.1) is 0 Å². The molecule has 2 bridgehead atoms. The van der Waals surface area contributed by atoms with Crippen LogP contribution >= 0.6 is 0 Å². The van der Waals surface area contributed by atoms with Gasteiger partial charge in [0.1, 0.15) is 0 Å². The van der Waals surface area contributed by atoms with Crippen molar-refractivity contribution in [1.82, 2.24) is 4.72 Å². The Kier molecular flexibility index (Phi) is 2.97. The summed E-state index contributed by atoms with van der Waals surface area (Å²) >= 11 is 0. The fourth-order valence-electron chi connectivity index (χ4n) is 3.34. The Morgan fingerprint density at radius 3 is 2.12 bits per heavy atom. The van der Waals surface area contributed by atoms with Gasteiger partial charge < -0.3 is 0 Å². The first-order valence-electron chi connectivity index (χ1n) is 5.72. The Bertz CT molecular complexity index is 404. The molecule has 0 amide bonds. The van der Waals surface area contributed by atoms with E-state index in [1.807, 2.05) is 11.6 Å². The molecule has 17 heavy (non-hydrogen) atoms. The first-order valence-corrected chi connectivity index (χ1v) is 7.20. The van der Waals surface area contributed by atoms with Crippen molar-refractivity contribution in [2.75, 3.05) is 0 Å². The second-order valence-corrected chi connectivity index (χ2v) is 6.99. The van der Waals surface area contributed by atoms with Gasteiger partial charge in [0.15, 0.2) is 0 Å². The van der Waals surface area contributed by atoms with Gasteiger partial charge in [-0.3, -0.25) is 0 Å². The zero-order chi connectivity index (χ0) is 13.0. The Morgan fingerprint density at radius 1 is 1.12 bits per heavy atom. The highest BCUT2D eigenvalue weighted by Gasteiger charge is 2.53. The van der Waals surface area contributed by atoms with Gasteiger partial charge in [-0.05, 0) is 36.5 Å². The summed E-state index contributed by atoms with van der Waals surface area (Å²) in [5.41, 5.74) is -5.20. The highest BCUT2D eigenvalue weighted by Crippen LogP contribution is 2.52. The molecule has 0 saturated heterocycles. The first-order chi connectivity index (χ1) is 7.63. The molecule has 2 rings (SSSR count). The van der Waals surface area contributed by atoms with E-state index in [9.17, 15) is 21.6 Å². The lowest BCUT2D eigenvalue weighted by Crippen LogP contribution is -2.47. The van der Waals surface area contributed by atoms with E-state index in [2.05, 4.69) is 6.92 Å². The fourth-order valence-corrected chi connectivity index (χ4v) is 4.15. The topological polar surface area (TPSA) is 46.2 Å². The van der Waals surface area contributed by atoms with Gasteiger partial charge in [0, 0.05) is 6.04 Å². The summed E-state index contributed by atoms with van der Waals surface area (Å²) < 4.78 is 60.7. The second kappa shape index (κ2) is 3.85. The van der Waals surface area contributed by atoms with Crippen LogP contribution in [0.5, 0.6) is 0 Å². The van der Waals surface area contributed by atoms with Crippen LogP contribution in [0.2, 0.25) is 0 Å². The largest absolute Gasteiger partial charge is 0.511 e. The lowest BCUT2D eigenvalue weighted by Gasteiger charge is -2.32. The Morgan fingerprint density at radius 2 is 1.71 bits per heavy atom. The maximum Gasteiger partial charge on any atom is 0.511 e. The summed E-state index contributed by atoms with van der Waals surface area (Å²) in [5.74, 6) is 1.17. The van der Waals surface area contributed by atoms with Crippen LogP contribution in [0.15, 0.2) is 0 Å². The predicted molar refractivity (Wildman–Crippen MR) is 56.4 cm³/mol. The van der Waals surface area contributed by atoms with Gasteiger partial charge in [-0.2, -0.15) is 13.2 Å². The molecule has 0 aliphatic heterocycles. The third kappa shape index (κ3) is 2.07. The number of hydrogen-bond donors (Lipinski definition) is 1. The second-order valence-electron chi connectivity index (χ2n) is 5.29. The number of sulfonamides is 1. The van der Waals surface area contributed by atoms with Crippen molar-refractivity contribution in [2.24, 2.45) is 23.7 Å². The van der Waals surface area contributed by atoms with Gasteiger partial charge in [0.05, 0.1) is 0 Å². The van der Waals surface area contributed by atoms with Crippen LogP contribution in [0.4, 0.5) is 13.2 Å². The van der Waals surface area contributed by atoms with Gasteiger partial charge >= 0.3 is 15.5 Å². The first kappa shape index (κ1) is 13.1. The van der Waals surface area contributed by atoms with Crippen LogP contribution in [0.1, 0.15) is 26.7 Å².